The molecule has 0 aliphatic heterocycles. The summed E-state index contributed by atoms with van der Waals surface area (Å²) >= 11 is 1.13. The molecule has 88 valence electrons. The number of aliphatic imine (C=N–C) groups is 1. The number of benzene rings is 1. The second-order valence-corrected chi connectivity index (χ2v) is 4.32. The Hall–Kier alpha value is -2.48. The molecule has 0 saturated carbocycles. The fourth-order valence-corrected chi connectivity index (χ4v) is 2.70. The van der Waals surface area contributed by atoms with Crippen molar-refractivity contribution in [2.24, 2.45) is 4.99 Å². The zero-order valence-electron chi connectivity index (χ0n) is 9.26. The van der Waals surface area contributed by atoms with Gasteiger partial charge >= 0.3 is 5.97 Å². The lowest BCUT2D eigenvalue weighted by Crippen LogP contribution is -1.97. The maximum Gasteiger partial charge on any atom is 0.350 e. The van der Waals surface area contributed by atoms with E-state index in [4.69, 9.17) is 5.26 Å². The Kier molecular flexibility index (Phi) is 3.20. The highest BCUT2D eigenvalue weighted by molar-refractivity contribution is 7.21. The van der Waals surface area contributed by atoms with Crippen LogP contribution in [0, 0.1) is 11.3 Å². The van der Waals surface area contributed by atoms with Gasteiger partial charge in [0, 0.05) is 10.1 Å². The number of nitriles is 1. The number of methoxy groups -OCH3 is 1. The Morgan fingerprint density at radius 1 is 1.50 bits per heavy atom. The Morgan fingerprint density at radius 2 is 2.28 bits per heavy atom. The van der Waals surface area contributed by atoms with Crippen LogP contribution in [0.5, 0.6) is 0 Å². The molecular formula is C12H6N2O3S. The van der Waals surface area contributed by atoms with Gasteiger partial charge in [-0.15, -0.1) is 11.3 Å². The molecule has 5 nitrogen and oxygen atoms in total. The van der Waals surface area contributed by atoms with Gasteiger partial charge in [-0.1, -0.05) is 6.07 Å². The van der Waals surface area contributed by atoms with Crippen molar-refractivity contribution in [3.05, 3.63) is 28.6 Å². The van der Waals surface area contributed by atoms with Crippen molar-refractivity contribution in [1.82, 2.24) is 0 Å². The number of thiophene rings is 1. The Bertz CT molecular complexity index is 721. The van der Waals surface area contributed by atoms with E-state index in [1.165, 1.54) is 13.2 Å². The van der Waals surface area contributed by atoms with E-state index in [1.54, 1.807) is 18.2 Å². The topological polar surface area (TPSA) is 79.5 Å². The van der Waals surface area contributed by atoms with Gasteiger partial charge in [0.2, 0.25) is 6.08 Å². The van der Waals surface area contributed by atoms with Crippen LogP contribution in [-0.4, -0.2) is 19.2 Å². The van der Waals surface area contributed by atoms with Crippen LogP contribution in [0.15, 0.2) is 23.2 Å². The van der Waals surface area contributed by atoms with E-state index in [1.807, 2.05) is 6.07 Å². The summed E-state index contributed by atoms with van der Waals surface area (Å²) in [7, 11) is 1.24. The highest BCUT2D eigenvalue weighted by atomic mass is 32.1. The van der Waals surface area contributed by atoms with Crippen molar-refractivity contribution in [3.63, 3.8) is 0 Å². The van der Waals surface area contributed by atoms with Crippen molar-refractivity contribution in [2.45, 2.75) is 0 Å². The molecule has 0 atom stereocenters. The Labute approximate surface area is 106 Å². The van der Waals surface area contributed by atoms with Crippen molar-refractivity contribution < 1.29 is 14.3 Å². The molecule has 0 spiro atoms. The fraction of sp³-hybridized carbons (Fsp3) is 0.0833. The van der Waals surface area contributed by atoms with Gasteiger partial charge in [-0.25, -0.2) is 9.59 Å². The van der Waals surface area contributed by atoms with Gasteiger partial charge in [0.15, 0.2) is 0 Å². The third-order valence-electron chi connectivity index (χ3n) is 2.34. The highest BCUT2D eigenvalue weighted by Crippen LogP contribution is 2.39. The monoisotopic (exact) mass is 258 g/mol. The molecule has 0 unspecified atom stereocenters. The third-order valence-corrected chi connectivity index (χ3v) is 3.46. The van der Waals surface area contributed by atoms with Crippen LogP contribution in [-0.2, 0) is 9.53 Å². The molecule has 2 aromatic rings. The molecule has 0 N–H and O–H groups in total. The fourth-order valence-electron chi connectivity index (χ4n) is 1.61. The van der Waals surface area contributed by atoms with E-state index < -0.39 is 5.97 Å². The minimum absolute atomic E-state index is 0.147. The van der Waals surface area contributed by atoms with E-state index >= 15 is 0 Å². The molecule has 1 aromatic carbocycles. The van der Waals surface area contributed by atoms with Gasteiger partial charge in [0.05, 0.1) is 18.7 Å². The van der Waals surface area contributed by atoms with Crippen molar-refractivity contribution >= 4 is 39.2 Å². The molecule has 0 saturated heterocycles. The van der Waals surface area contributed by atoms with Gasteiger partial charge in [0.1, 0.15) is 10.6 Å². The maximum atomic E-state index is 11.6. The molecule has 0 bridgehead atoms. The highest BCUT2D eigenvalue weighted by Gasteiger charge is 2.20. The summed E-state index contributed by atoms with van der Waals surface area (Å²) in [5.74, 6) is -0.589. The second-order valence-electron chi connectivity index (χ2n) is 3.26. The summed E-state index contributed by atoms with van der Waals surface area (Å²) in [6, 6.07) is 7.05. The van der Waals surface area contributed by atoms with Crippen LogP contribution < -0.4 is 0 Å². The number of carbonyl (C=O) groups is 1. The minimum atomic E-state index is -0.589. The van der Waals surface area contributed by atoms with Crippen LogP contribution in [0.3, 0.4) is 0 Å². The summed E-state index contributed by atoms with van der Waals surface area (Å²) in [5, 5.41) is 9.51. The molecule has 1 aromatic heterocycles. The summed E-state index contributed by atoms with van der Waals surface area (Å²) < 4.78 is 5.32. The third kappa shape index (κ3) is 1.78. The number of isocyanates is 1. The molecule has 0 amide bonds. The Morgan fingerprint density at radius 3 is 2.89 bits per heavy atom. The van der Waals surface area contributed by atoms with Crippen LogP contribution in [0.1, 0.15) is 15.2 Å². The van der Waals surface area contributed by atoms with Crippen LogP contribution in [0.4, 0.5) is 5.69 Å². The molecule has 6 heteroatoms. The molecule has 0 fully saturated rings. The van der Waals surface area contributed by atoms with E-state index in [0.29, 0.717) is 15.6 Å². The SMILES string of the molecule is COC(=O)c1sc2cccc(C#N)c2c1N=C=O. The first kappa shape index (κ1) is 12.0. The summed E-state index contributed by atoms with van der Waals surface area (Å²) in [6.45, 7) is 0. The number of ether oxygens (including phenoxy) is 1. The van der Waals surface area contributed by atoms with Gasteiger partial charge in [-0.3, -0.25) is 0 Å². The molecule has 2 rings (SSSR count). The normalized spacial score (nSPS) is 9.56. The second kappa shape index (κ2) is 4.80. The maximum absolute atomic E-state index is 11.6. The first-order chi connectivity index (χ1) is 8.72. The zero-order valence-corrected chi connectivity index (χ0v) is 10.1. The number of hydrogen-bond donors (Lipinski definition) is 0. The molecule has 0 aliphatic carbocycles. The van der Waals surface area contributed by atoms with Crippen LogP contribution in [0.25, 0.3) is 10.1 Å². The number of nitrogens with zero attached hydrogens (tertiary/aromatic N) is 2. The van der Waals surface area contributed by atoms with Gasteiger partial charge in [-0.2, -0.15) is 10.3 Å². The van der Waals surface area contributed by atoms with Gasteiger partial charge < -0.3 is 4.74 Å². The number of esters is 1. The lowest BCUT2D eigenvalue weighted by Gasteiger charge is -1.96. The van der Waals surface area contributed by atoms with Crippen molar-refractivity contribution in [1.29, 1.82) is 5.26 Å². The van der Waals surface area contributed by atoms with Gasteiger partial charge in [0.25, 0.3) is 0 Å². The predicted molar refractivity (Wildman–Crippen MR) is 65.7 cm³/mol. The first-order valence-corrected chi connectivity index (χ1v) is 5.66. The molecule has 18 heavy (non-hydrogen) atoms. The summed E-state index contributed by atoms with van der Waals surface area (Å²) in [5.41, 5.74) is 0.502. The molecule has 0 aliphatic rings. The summed E-state index contributed by atoms with van der Waals surface area (Å²) in [4.78, 5) is 25.8. The lowest BCUT2D eigenvalue weighted by molar-refractivity contribution is 0.0607. The van der Waals surface area contributed by atoms with Crippen LogP contribution in [0.2, 0.25) is 0 Å². The Balaban J connectivity index is 2.90. The summed E-state index contributed by atoms with van der Waals surface area (Å²) in [6.07, 6.45) is 1.40. The quantitative estimate of drug-likeness (QED) is 0.471. The number of rotatable bonds is 2. The molecule has 0 radical (unpaired) electrons. The van der Waals surface area contributed by atoms with E-state index in [-0.39, 0.29) is 10.6 Å². The first-order valence-electron chi connectivity index (χ1n) is 4.84. The number of fused-ring (bicyclic) bond motifs is 1. The average molecular weight is 258 g/mol. The lowest BCUT2D eigenvalue weighted by atomic mass is 10.1. The number of carbonyl (C=O) groups excluding carboxylic acids is 2. The van der Waals surface area contributed by atoms with Crippen molar-refractivity contribution in [3.8, 4) is 6.07 Å². The smallest absolute Gasteiger partial charge is 0.350 e. The van der Waals surface area contributed by atoms with E-state index in [9.17, 15) is 9.59 Å². The van der Waals surface area contributed by atoms with Crippen molar-refractivity contribution in [2.75, 3.05) is 7.11 Å². The largest absolute Gasteiger partial charge is 0.465 e. The van der Waals surface area contributed by atoms with Crippen LogP contribution >= 0.6 is 11.3 Å². The molecular weight excluding hydrogens is 252 g/mol. The standard InChI is InChI=1S/C12H6N2O3S/c1-17-12(16)11-10(14-6-15)9-7(5-13)3-2-4-8(9)18-11/h2-4H,1H3. The van der Waals surface area contributed by atoms with E-state index in [2.05, 4.69) is 9.73 Å². The zero-order chi connectivity index (χ0) is 13.1. The molecule has 1 heterocycles. The van der Waals surface area contributed by atoms with Gasteiger partial charge in [-0.05, 0) is 12.1 Å². The average Bonchev–Trinajstić information content (AvgIpc) is 2.77. The predicted octanol–water partition coefficient (Wildman–Crippen LogP) is 2.53. The van der Waals surface area contributed by atoms with E-state index in [0.717, 1.165) is 11.3 Å². The minimum Gasteiger partial charge on any atom is -0.465 e. The number of hydrogen-bond acceptors (Lipinski definition) is 6.